The Morgan fingerprint density at radius 1 is 1.08 bits per heavy atom. The van der Waals surface area contributed by atoms with E-state index in [1.165, 1.54) is 31.7 Å². The van der Waals surface area contributed by atoms with Crippen LogP contribution in [0, 0.1) is 5.82 Å². The van der Waals surface area contributed by atoms with Gasteiger partial charge in [0.15, 0.2) is 0 Å². The van der Waals surface area contributed by atoms with Crippen molar-refractivity contribution in [1.82, 2.24) is 9.97 Å². The average molecular weight is 326 g/mol. The lowest BCUT2D eigenvalue weighted by molar-refractivity contribution is 0.612. The minimum absolute atomic E-state index is 0.222. The first-order valence-electron chi connectivity index (χ1n) is 8.53. The number of hydrogen-bond donors (Lipinski definition) is 2. The van der Waals surface area contributed by atoms with Crippen LogP contribution in [0.5, 0.6) is 0 Å². The molecule has 1 aliphatic rings. The highest BCUT2D eigenvalue weighted by Crippen LogP contribution is 2.20. The molecule has 1 aromatic heterocycles. The number of benzene rings is 1. The molecule has 24 heavy (non-hydrogen) atoms. The van der Waals surface area contributed by atoms with Crippen LogP contribution in [0.1, 0.15) is 37.7 Å². The molecule has 0 bridgehead atoms. The summed E-state index contributed by atoms with van der Waals surface area (Å²) in [5, 5.41) is 6.40. The van der Waals surface area contributed by atoms with Crippen LogP contribution in [-0.2, 0) is 6.54 Å². The largest absolute Gasteiger partial charge is 0.370 e. The molecule has 4 nitrogen and oxygen atoms in total. The van der Waals surface area contributed by atoms with Gasteiger partial charge >= 0.3 is 0 Å². The topological polar surface area (TPSA) is 49.8 Å². The minimum atomic E-state index is -0.222. The van der Waals surface area contributed by atoms with Crippen molar-refractivity contribution in [3.8, 4) is 0 Å². The smallest absolute Gasteiger partial charge is 0.224 e. The van der Waals surface area contributed by atoms with E-state index in [0.717, 1.165) is 18.8 Å². The SMILES string of the molecule is Fc1ccccc1CNc1nccc(NCCC2=CCCCC2)n1. The summed E-state index contributed by atoms with van der Waals surface area (Å²) in [4.78, 5) is 8.61. The molecule has 126 valence electrons. The third kappa shape index (κ3) is 4.78. The zero-order chi connectivity index (χ0) is 16.6. The maximum atomic E-state index is 13.6. The normalized spacial score (nSPS) is 14.1. The monoisotopic (exact) mass is 326 g/mol. The highest BCUT2D eigenvalue weighted by atomic mass is 19.1. The van der Waals surface area contributed by atoms with Crippen LogP contribution >= 0.6 is 0 Å². The van der Waals surface area contributed by atoms with E-state index in [-0.39, 0.29) is 5.82 Å². The van der Waals surface area contributed by atoms with Crippen LogP contribution in [0.15, 0.2) is 48.2 Å². The second kappa shape index (κ2) is 8.43. The number of hydrogen-bond acceptors (Lipinski definition) is 4. The summed E-state index contributed by atoms with van der Waals surface area (Å²) in [5.74, 6) is 1.07. The zero-order valence-electron chi connectivity index (χ0n) is 13.8. The fourth-order valence-electron chi connectivity index (χ4n) is 2.84. The molecule has 5 heteroatoms. The van der Waals surface area contributed by atoms with Gasteiger partial charge in [-0.15, -0.1) is 0 Å². The van der Waals surface area contributed by atoms with Gasteiger partial charge in [-0.2, -0.15) is 4.98 Å². The van der Waals surface area contributed by atoms with Crippen LogP contribution in [0.2, 0.25) is 0 Å². The predicted octanol–water partition coefficient (Wildman–Crippen LogP) is 4.53. The van der Waals surface area contributed by atoms with Gasteiger partial charge in [-0.3, -0.25) is 0 Å². The van der Waals surface area contributed by atoms with E-state index in [1.54, 1.807) is 23.9 Å². The summed E-state index contributed by atoms with van der Waals surface area (Å²) in [7, 11) is 0. The highest BCUT2D eigenvalue weighted by molar-refractivity contribution is 5.40. The summed E-state index contributed by atoms with van der Waals surface area (Å²) in [6, 6.07) is 8.56. The molecule has 0 spiro atoms. The maximum Gasteiger partial charge on any atom is 0.224 e. The standard InChI is InChI=1S/C19H23FN4/c20-17-9-5-4-8-16(17)14-23-19-22-13-11-18(24-19)21-12-10-15-6-2-1-3-7-15/h4-6,8-9,11,13H,1-3,7,10,12,14H2,(H2,21,22,23,24). The lowest BCUT2D eigenvalue weighted by Gasteiger charge is -2.13. The number of aromatic nitrogens is 2. The number of nitrogens with zero attached hydrogens (tertiary/aromatic N) is 2. The summed E-state index contributed by atoms with van der Waals surface area (Å²) in [6.45, 7) is 1.23. The molecule has 0 aliphatic heterocycles. The second-order valence-electron chi connectivity index (χ2n) is 6.00. The average Bonchev–Trinajstić information content (AvgIpc) is 2.62. The van der Waals surface area contributed by atoms with Crippen molar-refractivity contribution in [3.05, 3.63) is 59.6 Å². The van der Waals surface area contributed by atoms with E-state index in [9.17, 15) is 4.39 Å². The van der Waals surface area contributed by atoms with Gasteiger partial charge in [-0.1, -0.05) is 29.8 Å². The Hall–Kier alpha value is -2.43. The van der Waals surface area contributed by atoms with Gasteiger partial charge in [0.1, 0.15) is 11.6 Å². The lowest BCUT2D eigenvalue weighted by atomic mass is 9.97. The third-order valence-electron chi connectivity index (χ3n) is 4.19. The van der Waals surface area contributed by atoms with Crippen molar-refractivity contribution < 1.29 is 4.39 Å². The van der Waals surface area contributed by atoms with Crippen LogP contribution < -0.4 is 10.6 Å². The van der Waals surface area contributed by atoms with Gasteiger partial charge < -0.3 is 10.6 Å². The Morgan fingerprint density at radius 2 is 2.00 bits per heavy atom. The van der Waals surface area contributed by atoms with Crippen LogP contribution in [0.4, 0.5) is 16.2 Å². The summed E-state index contributed by atoms with van der Waals surface area (Å²) < 4.78 is 13.6. The van der Waals surface area contributed by atoms with Gasteiger partial charge in [0.25, 0.3) is 0 Å². The Bertz CT molecular complexity index is 699. The van der Waals surface area contributed by atoms with E-state index in [4.69, 9.17) is 0 Å². The summed E-state index contributed by atoms with van der Waals surface area (Å²) >= 11 is 0. The second-order valence-corrected chi connectivity index (χ2v) is 6.00. The molecule has 3 rings (SSSR count). The minimum Gasteiger partial charge on any atom is -0.370 e. The van der Waals surface area contributed by atoms with E-state index in [2.05, 4.69) is 26.7 Å². The Morgan fingerprint density at radius 3 is 2.83 bits per heavy atom. The molecule has 1 aromatic carbocycles. The molecule has 0 radical (unpaired) electrons. The van der Waals surface area contributed by atoms with Crippen molar-refractivity contribution in [2.75, 3.05) is 17.2 Å². The molecule has 2 aromatic rings. The van der Waals surface area contributed by atoms with Crippen molar-refractivity contribution in [1.29, 1.82) is 0 Å². The number of allylic oxidation sites excluding steroid dienone is 1. The molecular formula is C19H23FN4. The van der Waals surface area contributed by atoms with Crippen molar-refractivity contribution in [2.45, 2.75) is 38.6 Å². The molecule has 0 saturated heterocycles. The van der Waals surface area contributed by atoms with Crippen molar-refractivity contribution >= 4 is 11.8 Å². The predicted molar refractivity (Wildman–Crippen MR) is 95.4 cm³/mol. The molecule has 1 aliphatic carbocycles. The van der Waals surface area contributed by atoms with Crippen LogP contribution in [-0.4, -0.2) is 16.5 Å². The molecule has 0 atom stereocenters. The van der Waals surface area contributed by atoms with E-state index in [1.807, 2.05) is 12.1 Å². The maximum absolute atomic E-state index is 13.6. The van der Waals surface area contributed by atoms with Crippen LogP contribution in [0.25, 0.3) is 0 Å². The molecule has 1 heterocycles. The number of halogens is 1. The number of anilines is 2. The Labute approximate surface area is 142 Å². The fourth-order valence-corrected chi connectivity index (χ4v) is 2.84. The van der Waals surface area contributed by atoms with Gasteiger partial charge in [0.05, 0.1) is 0 Å². The third-order valence-corrected chi connectivity index (χ3v) is 4.19. The molecule has 0 fully saturated rings. The molecule has 0 unspecified atom stereocenters. The van der Waals surface area contributed by atoms with E-state index in [0.29, 0.717) is 18.1 Å². The lowest BCUT2D eigenvalue weighted by Crippen LogP contribution is -2.09. The highest BCUT2D eigenvalue weighted by Gasteiger charge is 2.05. The van der Waals surface area contributed by atoms with Gasteiger partial charge in [-0.25, -0.2) is 9.37 Å². The molecule has 2 N–H and O–H groups in total. The summed E-state index contributed by atoms with van der Waals surface area (Å²) in [6.07, 6.45) is 10.2. The first-order valence-corrected chi connectivity index (χ1v) is 8.53. The Balaban J connectivity index is 1.50. The number of nitrogens with one attached hydrogen (secondary N) is 2. The number of rotatable bonds is 7. The summed E-state index contributed by atoms with van der Waals surface area (Å²) in [5.41, 5.74) is 2.14. The van der Waals surface area contributed by atoms with E-state index < -0.39 is 0 Å². The van der Waals surface area contributed by atoms with E-state index >= 15 is 0 Å². The molecule has 0 amide bonds. The van der Waals surface area contributed by atoms with Gasteiger partial charge in [0.2, 0.25) is 5.95 Å². The fraction of sp³-hybridized carbons (Fsp3) is 0.368. The van der Waals surface area contributed by atoms with Gasteiger partial charge in [-0.05, 0) is 44.2 Å². The quantitative estimate of drug-likeness (QED) is 0.734. The molecule has 0 saturated carbocycles. The van der Waals surface area contributed by atoms with Gasteiger partial charge in [0, 0.05) is 24.8 Å². The first kappa shape index (κ1) is 16.4. The first-order chi connectivity index (χ1) is 11.8. The molecular weight excluding hydrogens is 303 g/mol. The zero-order valence-corrected chi connectivity index (χ0v) is 13.8. The van der Waals surface area contributed by atoms with Crippen molar-refractivity contribution in [3.63, 3.8) is 0 Å². The Kier molecular flexibility index (Phi) is 5.77. The van der Waals surface area contributed by atoms with Crippen LogP contribution in [0.3, 0.4) is 0 Å². The van der Waals surface area contributed by atoms with Crippen molar-refractivity contribution in [2.24, 2.45) is 0 Å².